The Bertz CT molecular complexity index is 797. The zero-order valence-corrected chi connectivity index (χ0v) is 12.8. The monoisotopic (exact) mass is 298 g/mol. The van der Waals surface area contributed by atoms with Crippen LogP contribution in [0, 0.1) is 6.92 Å². The van der Waals surface area contributed by atoms with Gasteiger partial charge in [0.15, 0.2) is 11.5 Å². The summed E-state index contributed by atoms with van der Waals surface area (Å²) in [5.41, 5.74) is 2.50. The van der Waals surface area contributed by atoms with Gasteiger partial charge in [-0.1, -0.05) is 0 Å². The van der Waals surface area contributed by atoms with Crippen molar-refractivity contribution >= 4 is 16.9 Å². The van der Waals surface area contributed by atoms with Crippen LogP contribution >= 0.6 is 0 Å². The third-order valence-electron chi connectivity index (χ3n) is 3.36. The van der Waals surface area contributed by atoms with Crippen LogP contribution in [0.15, 0.2) is 24.5 Å². The van der Waals surface area contributed by atoms with Gasteiger partial charge in [0, 0.05) is 31.5 Å². The summed E-state index contributed by atoms with van der Waals surface area (Å²) < 4.78 is 1.74. The van der Waals surface area contributed by atoms with Crippen LogP contribution in [0.5, 0.6) is 0 Å². The molecule has 0 radical (unpaired) electrons. The van der Waals surface area contributed by atoms with E-state index in [9.17, 15) is 5.11 Å². The molecule has 1 unspecified atom stereocenters. The molecule has 3 heterocycles. The van der Waals surface area contributed by atoms with Crippen molar-refractivity contribution < 1.29 is 5.11 Å². The molecule has 7 nitrogen and oxygen atoms in total. The fourth-order valence-electron chi connectivity index (χ4n) is 2.34. The van der Waals surface area contributed by atoms with Gasteiger partial charge in [-0.05, 0) is 26.0 Å². The third-order valence-corrected chi connectivity index (χ3v) is 3.36. The molecule has 0 aliphatic carbocycles. The van der Waals surface area contributed by atoms with Crippen molar-refractivity contribution in [1.82, 2.24) is 24.7 Å². The van der Waals surface area contributed by atoms with Crippen LogP contribution in [0.3, 0.4) is 0 Å². The first-order chi connectivity index (χ1) is 10.6. The van der Waals surface area contributed by atoms with Gasteiger partial charge in [-0.2, -0.15) is 5.10 Å². The van der Waals surface area contributed by atoms with Gasteiger partial charge in [0.1, 0.15) is 5.82 Å². The Morgan fingerprint density at radius 2 is 2.00 bits per heavy atom. The van der Waals surface area contributed by atoms with Crippen LogP contribution in [-0.4, -0.2) is 42.5 Å². The summed E-state index contributed by atoms with van der Waals surface area (Å²) in [6.45, 7) is 4.06. The highest BCUT2D eigenvalue weighted by molar-refractivity contribution is 5.90. The Labute approximate surface area is 128 Å². The maximum atomic E-state index is 9.51. The van der Waals surface area contributed by atoms with E-state index >= 15 is 0 Å². The average Bonchev–Trinajstić information content (AvgIpc) is 2.80. The first-order valence-electron chi connectivity index (χ1n) is 7.10. The van der Waals surface area contributed by atoms with Gasteiger partial charge in [0.25, 0.3) is 0 Å². The van der Waals surface area contributed by atoms with Crippen LogP contribution in [0.1, 0.15) is 12.6 Å². The van der Waals surface area contributed by atoms with E-state index in [0.29, 0.717) is 18.2 Å². The topological polar surface area (TPSA) is 88.8 Å². The molecule has 0 aliphatic heterocycles. The Balaban J connectivity index is 2.17. The lowest BCUT2D eigenvalue weighted by Crippen LogP contribution is -2.16. The third kappa shape index (κ3) is 2.62. The number of nitrogens with one attached hydrogen (secondary N) is 1. The van der Waals surface area contributed by atoms with E-state index in [4.69, 9.17) is 0 Å². The molecule has 2 N–H and O–H groups in total. The first kappa shape index (κ1) is 14.4. The molecule has 0 saturated heterocycles. The first-order valence-corrected chi connectivity index (χ1v) is 7.10. The van der Waals surface area contributed by atoms with E-state index in [1.165, 1.54) is 0 Å². The molecule has 0 amide bonds. The van der Waals surface area contributed by atoms with Crippen LogP contribution in [0.4, 0.5) is 5.82 Å². The number of anilines is 1. The SMILES string of the molecule is Cc1nn(C)c2nc(-c3ccncc3)nc(NCC(C)O)c12. The second-order valence-corrected chi connectivity index (χ2v) is 5.27. The van der Waals surface area contributed by atoms with Crippen LogP contribution < -0.4 is 5.32 Å². The molecule has 114 valence electrons. The minimum absolute atomic E-state index is 0.413. The van der Waals surface area contributed by atoms with Crippen molar-refractivity contribution in [3.8, 4) is 11.4 Å². The molecule has 22 heavy (non-hydrogen) atoms. The number of pyridine rings is 1. The predicted molar refractivity (Wildman–Crippen MR) is 84.4 cm³/mol. The second-order valence-electron chi connectivity index (χ2n) is 5.27. The number of aromatic nitrogens is 5. The summed E-state index contributed by atoms with van der Waals surface area (Å²) >= 11 is 0. The Hall–Kier alpha value is -2.54. The number of hydrogen-bond donors (Lipinski definition) is 2. The summed E-state index contributed by atoms with van der Waals surface area (Å²) in [4.78, 5) is 13.2. The molecule has 7 heteroatoms. The van der Waals surface area contributed by atoms with E-state index < -0.39 is 6.10 Å². The van der Waals surface area contributed by atoms with E-state index in [-0.39, 0.29) is 0 Å². The van der Waals surface area contributed by atoms with E-state index in [1.807, 2.05) is 26.1 Å². The molecular weight excluding hydrogens is 280 g/mol. The lowest BCUT2D eigenvalue weighted by Gasteiger charge is -2.11. The smallest absolute Gasteiger partial charge is 0.164 e. The van der Waals surface area contributed by atoms with Crippen molar-refractivity contribution in [2.45, 2.75) is 20.0 Å². The van der Waals surface area contributed by atoms with Crippen LogP contribution in [-0.2, 0) is 7.05 Å². The lowest BCUT2D eigenvalue weighted by molar-refractivity contribution is 0.208. The van der Waals surface area contributed by atoms with Gasteiger partial charge in [-0.15, -0.1) is 0 Å². The van der Waals surface area contributed by atoms with Gasteiger partial charge in [0.2, 0.25) is 0 Å². The standard InChI is InChI=1S/C15H18N6O/c1-9(22)8-17-14-12-10(2)20-21(3)15(12)19-13(18-14)11-4-6-16-7-5-11/h4-7,9,22H,8H2,1-3H3,(H,17,18,19). The molecule has 3 rings (SSSR count). The number of aliphatic hydroxyl groups is 1. The molecule has 3 aromatic rings. The molecule has 0 aliphatic rings. The lowest BCUT2D eigenvalue weighted by atomic mass is 10.2. The minimum Gasteiger partial charge on any atom is -0.392 e. The number of hydrogen-bond acceptors (Lipinski definition) is 6. The highest BCUT2D eigenvalue weighted by atomic mass is 16.3. The molecule has 0 saturated carbocycles. The minimum atomic E-state index is -0.466. The highest BCUT2D eigenvalue weighted by Crippen LogP contribution is 2.26. The summed E-state index contributed by atoms with van der Waals surface area (Å²) in [6, 6.07) is 3.73. The zero-order valence-electron chi connectivity index (χ0n) is 12.8. The number of aliphatic hydroxyl groups excluding tert-OH is 1. The van der Waals surface area contributed by atoms with Gasteiger partial charge in [0.05, 0.1) is 17.2 Å². The van der Waals surface area contributed by atoms with Crippen molar-refractivity contribution in [2.24, 2.45) is 7.05 Å². The summed E-state index contributed by atoms with van der Waals surface area (Å²) in [7, 11) is 1.86. The van der Waals surface area contributed by atoms with Crippen molar-refractivity contribution in [3.05, 3.63) is 30.2 Å². The van der Waals surface area contributed by atoms with Crippen molar-refractivity contribution in [2.75, 3.05) is 11.9 Å². The maximum Gasteiger partial charge on any atom is 0.164 e. The van der Waals surface area contributed by atoms with Crippen LogP contribution in [0.25, 0.3) is 22.4 Å². The molecule has 0 aromatic carbocycles. The molecule has 0 bridgehead atoms. The van der Waals surface area contributed by atoms with E-state index in [2.05, 4.69) is 25.4 Å². The summed E-state index contributed by atoms with van der Waals surface area (Å²) in [5.74, 6) is 1.29. The zero-order chi connectivity index (χ0) is 15.7. The molecule has 0 spiro atoms. The van der Waals surface area contributed by atoms with Gasteiger partial charge >= 0.3 is 0 Å². The fraction of sp³-hybridized carbons (Fsp3) is 0.333. The molecule has 0 fully saturated rings. The summed E-state index contributed by atoms with van der Waals surface area (Å²) in [5, 5.41) is 18.0. The molecule has 3 aromatic heterocycles. The Morgan fingerprint density at radius 1 is 1.27 bits per heavy atom. The van der Waals surface area contributed by atoms with Crippen molar-refractivity contribution in [3.63, 3.8) is 0 Å². The van der Waals surface area contributed by atoms with Crippen LogP contribution in [0.2, 0.25) is 0 Å². The Kier molecular flexibility index (Phi) is 3.72. The maximum absolute atomic E-state index is 9.51. The summed E-state index contributed by atoms with van der Waals surface area (Å²) in [6.07, 6.45) is 2.95. The predicted octanol–water partition coefficient (Wildman–Crippen LogP) is 1.53. The van der Waals surface area contributed by atoms with Crippen molar-refractivity contribution in [1.29, 1.82) is 0 Å². The molecule has 1 atom stereocenters. The quantitative estimate of drug-likeness (QED) is 0.759. The normalized spacial score (nSPS) is 12.5. The number of aryl methyl sites for hydroxylation is 2. The average molecular weight is 298 g/mol. The number of rotatable bonds is 4. The van der Waals surface area contributed by atoms with Gasteiger partial charge < -0.3 is 10.4 Å². The fourth-order valence-corrected chi connectivity index (χ4v) is 2.34. The van der Waals surface area contributed by atoms with Gasteiger partial charge in [-0.3, -0.25) is 9.67 Å². The molecular formula is C15H18N6O. The highest BCUT2D eigenvalue weighted by Gasteiger charge is 2.16. The van der Waals surface area contributed by atoms with E-state index in [0.717, 1.165) is 22.3 Å². The van der Waals surface area contributed by atoms with E-state index in [1.54, 1.807) is 24.0 Å². The second kappa shape index (κ2) is 5.69. The number of fused-ring (bicyclic) bond motifs is 1. The Morgan fingerprint density at radius 3 is 2.68 bits per heavy atom. The van der Waals surface area contributed by atoms with Gasteiger partial charge in [-0.25, -0.2) is 9.97 Å². The number of nitrogens with zero attached hydrogens (tertiary/aromatic N) is 5. The largest absolute Gasteiger partial charge is 0.392 e.